The molecule has 0 spiro atoms. The van der Waals surface area contributed by atoms with Crippen molar-refractivity contribution in [2.75, 3.05) is 10.6 Å². The van der Waals surface area contributed by atoms with E-state index in [1.165, 1.54) is 17.7 Å². The molecule has 1 fully saturated rings. The number of carbonyl (C=O) groups is 2. The van der Waals surface area contributed by atoms with Crippen molar-refractivity contribution in [3.63, 3.8) is 0 Å². The zero-order chi connectivity index (χ0) is 18.7. The van der Waals surface area contributed by atoms with Crippen LogP contribution in [0.3, 0.4) is 0 Å². The summed E-state index contributed by atoms with van der Waals surface area (Å²) in [5.41, 5.74) is 11.8. The number of nitrogens with zero attached hydrogens (tertiary/aromatic N) is 3. The van der Waals surface area contributed by atoms with Crippen molar-refractivity contribution in [1.82, 2.24) is 14.3 Å². The molecule has 1 saturated carbocycles. The van der Waals surface area contributed by atoms with Crippen LogP contribution in [0.25, 0.3) is 0 Å². The van der Waals surface area contributed by atoms with Crippen LogP contribution < -0.4 is 22.1 Å². The van der Waals surface area contributed by atoms with Gasteiger partial charge >= 0.3 is 0 Å². The number of amides is 2. The molecule has 0 radical (unpaired) electrons. The van der Waals surface area contributed by atoms with Gasteiger partial charge in [0, 0.05) is 0 Å². The van der Waals surface area contributed by atoms with E-state index in [0.29, 0.717) is 18.2 Å². The number of hydrogen-bond donors (Lipinski definition) is 4. The van der Waals surface area contributed by atoms with Gasteiger partial charge in [0.25, 0.3) is 5.91 Å². The van der Waals surface area contributed by atoms with Gasteiger partial charge in [-0.25, -0.2) is 9.97 Å². The van der Waals surface area contributed by atoms with E-state index in [2.05, 4.69) is 25.0 Å². The molecule has 0 unspecified atom stereocenters. The van der Waals surface area contributed by atoms with Crippen LogP contribution in [0.1, 0.15) is 42.4 Å². The van der Waals surface area contributed by atoms with Gasteiger partial charge in [0.05, 0.1) is 11.9 Å². The molecule has 0 aromatic carbocycles. The highest BCUT2D eigenvalue weighted by Crippen LogP contribution is 2.34. The maximum atomic E-state index is 11.7. The van der Waals surface area contributed by atoms with E-state index in [1.807, 2.05) is 13.0 Å². The molecule has 26 heavy (non-hydrogen) atoms. The van der Waals surface area contributed by atoms with Crippen LogP contribution in [-0.2, 0) is 11.2 Å². The molecule has 1 atom stereocenters. The minimum atomic E-state index is -0.698. The normalized spacial score (nSPS) is 14.7. The van der Waals surface area contributed by atoms with Crippen molar-refractivity contribution < 1.29 is 9.59 Å². The van der Waals surface area contributed by atoms with Crippen LogP contribution in [0.2, 0.25) is 0 Å². The molecule has 2 heterocycles. The lowest BCUT2D eigenvalue weighted by molar-refractivity contribution is -0.118. The molecule has 10 heteroatoms. The summed E-state index contributed by atoms with van der Waals surface area (Å²) < 4.78 is 4.28. The number of rotatable bonds is 9. The summed E-state index contributed by atoms with van der Waals surface area (Å²) in [5.74, 6) is -0.0656. The number of anilines is 3. The van der Waals surface area contributed by atoms with Gasteiger partial charge in [-0.3, -0.25) is 9.59 Å². The fourth-order valence-electron chi connectivity index (χ4n) is 2.49. The molecule has 2 aromatic heterocycles. The van der Waals surface area contributed by atoms with Crippen LogP contribution >= 0.6 is 11.5 Å². The van der Waals surface area contributed by atoms with E-state index in [4.69, 9.17) is 11.5 Å². The lowest BCUT2D eigenvalue weighted by Gasteiger charge is -2.16. The van der Waals surface area contributed by atoms with Gasteiger partial charge < -0.3 is 22.1 Å². The Morgan fingerprint density at radius 3 is 2.73 bits per heavy atom. The molecular weight excluding hydrogens is 354 g/mol. The standard InChI is InChI=1S/C16H21N7O2S/c1-2-9-6-12(26-23-9)22-16-13(15(18)25)19-7-11(21-16)20-10(14(17)24)5-8-3-4-8/h6-8,10H,2-5H2,1H3,(H2,17,24)(H2,18,25)(H2,20,21,22)/t10-/m1/s1. The third kappa shape index (κ3) is 4.45. The quantitative estimate of drug-likeness (QED) is 0.517. The Balaban J connectivity index is 1.82. The summed E-state index contributed by atoms with van der Waals surface area (Å²) in [7, 11) is 0. The lowest BCUT2D eigenvalue weighted by atomic mass is 10.1. The first-order valence-corrected chi connectivity index (χ1v) is 9.19. The Morgan fingerprint density at radius 1 is 1.38 bits per heavy atom. The molecule has 0 bridgehead atoms. The summed E-state index contributed by atoms with van der Waals surface area (Å²) in [5, 5.41) is 6.76. The number of hydrogen-bond acceptors (Lipinski definition) is 8. The van der Waals surface area contributed by atoms with Gasteiger partial charge in [-0.1, -0.05) is 19.8 Å². The molecule has 0 aliphatic heterocycles. The lowest BCUT2D eigenvalue weighted by Crippen LogP contribution is -2.36. The van der Waals surface area contributed by atoms with Crippen LogP contribution in [0.5, 0.6) is 0 Å². The first-order chi connectivity index (χ1) is 12.5. The van der Waals surface area contributed by atoms with E-state index in [9.17, 15) is 9.59 Å². The maximum absolute atomic E-state index is 11.7. The van der Waals surface area contributed by atoms with E-state index in [0.717, 1.165) is 30.0 Å². The van der Waals surface area contributed by atoms with Gasteiger partial charge in [0.1, 0.15) is 16.9 Å². The number of aryl methyl sites for hydroxylation is 1. The Kier molecular flexibility index (Phi) is 5.31. The SMILES string of the molecule is CCc1cc(Nc2nc(N[C@H](CC3CC3)C(N)=O)cnc2C(N)=O)sn1. The van der Waals surface area contributed by atoms with Crippen molar-refractivity contribution in [2.45, 2.75) is 38.6 Å². The Hall–Kier alpha value is -2.75. The number of aromatic nitrogens is 3. The average molecular weight is 375 g/mol. The summed E-state index contributed by atoms with van der Waals surface area (Å²) in [6.07, 6.45) is 5.05. The first kappa shape index (κ1) is 18.1. The monoisotopic (exact) mass is 375 g/mol. The van der Waals surface area contributed by atoms with Crippen molar-refractivity contribution >= 4 is 40.0 Å². The molecule has 6 N–H and O–H groups in total. The van der Waals surface area contributed by atoms with Crippen LogP contribution in [0.15, 0.2) is 12.3 Å². The van der Waals surface area contributed by atoms with Gasteiger partial charge in [0.15, 0.2) is 11.5 Å². The van der Waals surface area contributed by atoms with E-state index in [1.54, 1.807) is 0 Å². The van der Waals surface area contributed by atoms with Crippen molar-refractivity contribution in [3.8, 4) is 0 Å². The average Bonchev–Trinajstić information content (AvgIpc) is 3.30. The third-order valence-electron chi connectivity index (χ3n) is 4.10. The summed E-state index contributed by atoms with van der Waals surface area (Å²) in [4.78, 5) is 31.7. The van der Waals surface area contributed by atoms with Gasteiger partial charge in [0.2, 0.25) is 5.91 Å². The molecule has 138 valence electrons. The fraction of sp³-hybridized carbons (Fsp3) is 0.438. The fourth-order valence-corrected chi connectivity index (χ4v) is 3.22. The molecule has 3 rings (SSSR count). The summed E-state index contributed by atoms with van der Waals surface area (Å²) in [6, 6.07) is 1.34. The van der Waals surface area contributed by atoms with E-state index < -0.39 is 17.9 Å². The largest absolute Gasteiger partial charge is 0.368 e. The van der Waals surface area contributed by atoms with Crippen molar-refractivity contribution in [1.29, 1.82) is 0 Å². The van der Waals surface area contributed by atoms with Crippen molar-refractivity contribution in [2.24, 2.45) is 17.4 Å². The van der Waals surface area contributed by atoms with Gasteiger partial charge in [-0.15, -0.1) is 0 Å². The zero-order valence-corrected chi connectivity index (χ0v) is 15.2. The highest BCUT2D eigenvalue weighted by molar-refractivity contribution is 7.10. The molecule has 1 aliphatic rings. The summed E-state index contributed by atoms with van der Waals surface area (Å²) >= 11 is 1.26. The Bertz CT molecular complexity index is 819. The minimum absolute atomic E-state index is 0.0137. The minimum Gasteiger partial charge on any atom is -0.368 e. The highest BCUT2D eigenvalue weighted by atomic mass is 32.1. The Morgan fingerprint density at radius 2 is 2.15 bits per heavy atom. The molecule has 2 amide bonds. The zero-order valence-electron chi connectivity index (χ0n) is 14.4. The topological polar surface area (TPSA) is 149 Å². The van der Waals surface area contributed by atoms with Crippen LogP contribution in [-0.4, -0.2) is 32.2 Å². The van der Waals surface area contributed by atoms with Crippen LogP contribution in [0.4, 0.5) is 16.6 Å². The molecule has 2 aromatic rings. The van der Waals surface area contributed by atoms with Crippen molar-refractivity contribution in [3.05, 3.63) is 23.7 Å². The van der Waals surface area contributed by atoms with Gasteiger partial charge in [-0.2, -0.15) is 4.37 Å². The van der Waals surface area contributed by atoms with Gasteiger partial charge in [-0.05, 0) is 36.4 Å². The first-order valence-electron chi connectivity index (χ1n) is 8.41. The number of primary amides is 2. The number of nitrogens with one attached hydrogen (secondary N) is 2. The second-order valence-corrected chi connectivity index (χ2v) is 7.06. The molecule has 9 nitrogen and oxygen atoms in total. The van der Waals surface area contributed by atoms with E-state index in [-0.39, 0.29) is 11.5 Å². The predicted octanol–water partition coefficient (Wildman–Crippen LogP) is 1.40. The Labute approximate surface area is 154 Å². The molecule has 0 saturated heterocycles. The maximum Gasteiger partial charge on any atom is 0.271 e. The number of nitrogens with two attached hydrogens (primary N) is 2. The smallest absolute Gasteiger partial charge is 0.271 e. The van der Waals surface area contributed by atoms with E-state index >= 15 is 0 Å². The number of carbonyl (C=O) groups excluding carboxylic acids is 2. The highest BCUT2D eigenvalue weighted by Gasteiger charge is 2.28. The molecular formula is C16H21N7O2S. The second-order valence-electron chi connectivity index (χ2n) is 6.26. The third-order valence-corrected chi connectivity index (χ3v) is 4.84. The molecule has 1 aliphatic carbocycles. The predicted molar refractivity (Wildman–Crippen MR) is 99.3 cm³/mol. The second kappa shape index (κ2) is 7.65. The van der Waals surface area contributed by atoms with Crippen LogP contribution in [0, 0.1) is 5.92 Å². The summed E-state index contributed by atoms with van der Waals surface area (Å²) in [6.45, 7) is 2.00.